The minimum Gasteiger partial charge on any atom is -0.363 e. The molecular weight excluding hydrogens is 440 g/mol. The van der Waals surface area contributed by atoms with E-state index in [-0.39, 0.29) is 23.6 Å². The van der Waals surface area contributed by atoms with Gasteiger partial charge in [-0.3, -0.25) is 18.9 Å². The van der Waals surface area contributed by atoms with Crippen molar-refractivity contribution in [2.75, 3.05) is 5.32 Å². The van der Waals surface area contributed by atoms with E-state index >= 15 is 0 Å². The topological polar surface area (TPSA) is 66.7 Å². The van der Waals surface area contributed by atoms with Crippen LogP contribution in [-0.2, 0) is 4.79 Å². The lowest BCUT2D eigenvalue weighted by atomic mass is 10.1. The van der Waals surface area contributed by atoms with E-state index in [0.717, 1.165) is 11.1 Å². The molecule has 1 saturated heterocycles. The molecule has 0 saturated carbocycles. The number of thioether (sulfide) groups is 1. The van der Waals surface area contributed by atoms with Crippen molar-refractivity contribution in [2.24, 2.45) is 0 Å². The molecule has 1 N–H and O–H groups in total. The van der Waals surface area contributed by atoms with Crippen LogP contribution in [0.3, 0.4) is 0 Å². The van der Waals surface area contributed by atoms with Crippen LogP contribution in [0.4, 0.5) is 5.82 Å². The summed E-state index contributed by atoms with van der Waals surface area (Å²) in [6.45, 7) is 7.76. The highest BCUT2D eigenvalue weighted by atomic mass is 32.2. The molecule has 1 amide bonds. The highest BCUT2D eigenvalue weighted by Crippen LogP contribution is 2.34. The van der Waals surface area contributed by atoms with E-state index in [1.54, 1.807) is 17.2 Å². The molecule has 0 aliphatic carbocycles. The molecule has 4 rings (SSSR count). The van der Waals surface area contributed by atoms with Gasteiger partial charge in [0.05, 0.1) is 10.5 Å². The number of thiocarbonyl (C=S) groups is 1. The molecular formula is C24H24N4O2S2. The van der Waals surface area contributed by atoms with Crippen molar-refractivity contribution >= 4 is 51.7 Å². The molecule has 3 heterocycles. The monoisotopic (exact) mass is 464 g/mol. The normalized spacial score (nSPS) is 16.4. The Kier molecular flexibility index (Phi) is 6.17. The number of fused-ring (bicyclic) bond motifs is 1. The zero-order chi connectivity index (χ0) is 23.0. The largest absolute Gasteiger partial charge is 0.363 e. The molecule has 8 heteroatoms. The number of aryl methyl sites for hydroxylation is 1. The number of nitrogens with one attached hydrogen (secondary N) is 1. The number of aromatic nitrogens is 2. The number of carbonyl (C=O) groups excluding carboxylic acids is 1. The maximum Gasteiger partial charge on any atom is 0.267 e. The van der Waals surface area contributed by atoms with Crippen molar-refractivity contribution in [1.29, 1.82) is 0 Å². The molecule has 164 valence electrons. The van der Waals surface area contributed by atoms with Crippen molar-refractivity contribution in [1.82, 2.24) is 14.3 Å². The molecule has 1 fully saturated rings. The Morgan fingerprint density at radius 1 is 1.09 bits per heavy atom. The van der Waals surface area contributed by atoms with Crippen molar-refractivity contribution in [2.45, 2.75) is 39.8 Å². The summed E-state index contributed by atoms with van der Waals surface area (Å²) in [4.78, 5) is 33.2. The number of amides is 1. The standard InChI is InChI=1S/C24H24N4O2S2/c1-14(2)28-23(30)19(32-24(28)31)13-18-20(25-16(4)17-10-6-5-7-11-17)26-21-15(3)9-8-12-27(21)22(18)29/h5-14,16,25H,1-4H3/b19-13-/t16-/m0/s1. The Morgan fingerprint density at radius 2 is 1.81 bits per heavy atom. The summed E-state index contributed by atoms with van der Waals surface area (Å²) in [6.07, 6.45) is 3.31. The van der Waals surface area contributed by atoms with E-state index in [4.69, 9.17) is 17.2 Å². The number of benzene rings is 1. The van der Waals surface area contributed by atoms with Gasteiger partial charge in [0.1, 0.15) is 15.8 Å². The molecule has 1 aromatic carbocycles. The van der Waals surface area contributed by atoms with Crippen LogP contribution in [0.2, 0.25) is 0 Å². The average molecular weight is 465 g/mol. The fourth-order valence-electron chi connectivity index (χ4n) is 3.64. The van der Waals surface area contributed by atoms with Crippen LogP contribution in [0.1, 0.15) is 43.5 Å². The summed E-state index contributed by atoms with van der Waals surface area (Å²) < 4.78 is 2.01. The minimum atomic E-state index is -0.240. The summed E-state index contributed by atoms with van der Waals surface area (Å²) in [5, 5.41) is 3.38. The summed E-state index contributed by atoms with van der Waals surface area (Å²) in [6, 6.07) is 13.5. The number of nitrogens with zero attached hydrogens (tertiary/aromatic N) is 3. The smallest absolute Gasteiger partial charge is 0.267 e. The van der Waals surface area contributed by atoms with Crippen LogP contribution in [0.5, 0.6) is 0 Å². The average Bonchev–Trinajstić information content (AvgIpc) is 3.05. The van der Waals surface area contributed by atoms with E-state index in [0.29, 0.717) is 26.3 Å². The third kappa shape index (κ3) is 4.08. The number of rotatable bonds is 5. The molecule has 0 bridgehead atoms. The fraction of sp³-hybridized carbons (Fsp3) is 0.250. The number of carbonyl (C=O) groups is 1. The van der Waals surface area contributed by atoms with Gasteiger partial charge in [0.15, 0.2) is 0 Å². The van der Waals surface area contributed by atoms with Gasteiger partial charge in [-0.05, 0) is 51.0 Å². The van der Waals surface area contributed by atoms with Crippen LogP contribution < -0.4 is 10.9 Å². The Balaban J connectivity index is 1.86. The molecule has 1 aliphatic rings. The van der Waals surface area contributed by atoms with Crippen LogP contribution >= 0.6 is 24.0 Å². The molecule has 0 unspecified atom stereocenters. The first-order valence-electron chi connectivity index (χ1n) is 10.4. The second-order valence-corrected chi connectivity index (χ2v) is 9.66. The summed E-state index contributed by atoms with van der Waals surface area (Å²) in [5.74, 6) is 0.251. The second kappa shape index (κ2) is 8.88. The van der Waals surface area contributed by atoms with Gasteiger partial charge in [-0.2, -0.15) is 0 Å². The number of pyridine rings is 1. The summed E-state index contributed by atoms with van der Waals surface area (Å²) >= 11 is 6.60. The maximum atomic E-state index is 13.5. The first kappa shape index (κ1) is 22.2. The van der Waals surface area contributed by atoms with Gasteiger partial charge in [0.2, 0.25) is 0 Å². The zero-order valence-corrected chi connectivity index (χ0v) is 20.0. The number of hydrogen-bond donors (Lipinski definition) is 1. The Morgan fingerprint density at radius 3 is 2.47 bits per heavy atom. The van der Waals surface area contributed by atoms with Gasteiger partial charge in [0.25, 0.3) is 11.5 Å². The van der Waals surface area contributed by atoms with Gasteiger partial charge in [-0.1, -0.05) is 60.4 Å². The van der Waals surface area contributed by atoms with Gasteiger partial charge in [-0.15, -0.1) is 0 Å². The molecule has 1 atom stereocenters. The number of anilines is 1. The van der Waals surface area contributed by atoms with Crippen molar-refractivity contribution < 1.29 is 4.79 Å². The molecule has 0 spiro atoms. The minimum absolute atomic E-state index is 0.0532. The fourth-order valence-corrected chi connectivity index (χ4v) is 5.14. The van der Waals surface area contributed by atoms with Gasteiger partial charge < -0.3 is 5.32 Å². The first-order chi connectivity index (χ1) is 15.3. The third-order valence-electron chi connectivity index (χ3n) is 5.35. The van der Waals surface area contributed by atoms with E-state index in [9.17, 15) is 9.59 Å². The lowest BCUT2D eigenvalue weighted by Gasteiger charge is -2.19. The van der Waals surface area contributed by atoms with E-state index in [1.165, 1.54) is 16.2 Å². The lowest BCUT2D eigenvalue weighted by molar-refractivity contribution is -0.123. The number of hydrogen-bond acceptors (Lipinski definition) is 6. The van der Waals surface area contributed by atoms with E-state index in [1.807, 2.05) is 70.2 Å². The third-order valence-corrected chi connectivity index (χ3v) is 6.68. The SMILES string of the molecule is Cc1cccn2c(=O)c(/C=C3\SC(=S)N(C(C)C)C3=O)c(N[C@@H](C)c3ccccc3)nc12. The summed E-state index contributed by atoms with van der Waals surface area (Å²) in [5.41, 5.74) is 2.62. The van der Waals surface area contributed by atoms with Crippen LogP contribution in [-0.4, -0.2) is 30.6 Å². The maximum absolute atomic E-state index is 13.5. The quantitative estimate of drug-likeness (QED) is 0.433. The van der Waals surface area contributed by atoms with Crippen LogP contribution in [0, 0.1) is 6.92 Å². The Bertz CT molecular complexity index is 1300. The van der Waals surface area contributed by atoms with E-state index in [2.05, 4.69) is 5.32 Å². The van der Waals surface area contributed by atoms with Crippen molar-refractivity contribution in [3.05, 3.63) is 80.6 Å². The molecule has 0 radical (unpaired) electrons. The predicted octanol–water partition coefficient (Wildman–Crippen LogP) is 4.79. The zero-order valence-electron chi connectivity index (χ0n) is 18.3. The van der Waals surface area contributed by atoms with Gasteiger partial charge >= 0.3 is 0 Å². The Labute approximate surface area is 196 Å². The highest BCUT2D eigenvalue weighted by molar-refractivity contribution is 8.26. The molecule has 1 aliphatic heterocycles. The van der Waals surface area contributed by atoms with Crippen LogP contribution in [0.25, 0.3) is 11.7 Å². The summed E-state index contributed by atoms with van der Waals surface area (Å²) in [7, 11) is 0. The van der Waals surface area contributed by atoms with Gasteiger partial charge in [0, 0.05) is 18.3 Å². The van der Waals surface area contributed by atoms with Crippen molar-refractivity contribution in [3.63, 3.8) is 0 Å². The lowest BCUT2D eigenvalue weighted by Crippen LogP contribution is -2.34. The molecule has 3 aromatic rings. The highest BCUT2D eigenvalue weighted by Gasteiger charge is 2.34. The Hall–Kier alpha value is -2.97. The molecule has 2 aromatic heterocycles. The first-order valence-corrected chi connectivity index (χ1v) is 11.6. The van der Waals surface area contributed by atoms with Gasteiger partial charge in [-0.25, -0.2) is 4.98 Å². The van der Waals surface area contributed by atoms with Crippen LogP contribution in [0.15, 0.2) is 58.4 Å². The second-order valence-electron chi connectivity index (χ2n) is 7.99. The molecule has 6 nitrogen and oxygen atoms in total. The van der Waals surface area contributed by atoms with Crippen molar-refractivity contribution in [3.8, 4) is 0 Å². The predicted molar refractivity (Wildman–Crippen MR) is 135 cm³/mol. The van der Waals surface area contributed by atoms with E-state index < -0.39 is 0 Å². The molecule has 32 heavy (non-hydrogen) atoms.